The summed E-state index contributed by atoms with van der Waals surface area (Å²) in [6, 6.07) is 24.1. The molecule has 1 aromatic heterocycles. The minimum absolute atomic E-state index is 0.918. The number of alkyl halides is 1. The molecule has 0 aliphatic carbocycles. The summed E-state index contributed by atoms with van der Waals surface area (Å²) in [6.07, 6.45) is 0.918. The molecule has 2 heteroatoms. The summed E-state index contributed by atoms with van der Waals surface area (Å²) in [5.74, 6) is 1.95. The third-order valence-corrected chi connectivity index (χ3v) is 6.59. The number of hydrogen-bond donors (Lipinski definition) is 0. The Hall–Kier alpha value is -2.33. The maximum absolute atomic E-state index is 6.64. The smallest absolute Gasteiger partial charge is 0.142 e. The average Bonchev–Trinajstić information content (AvgIpc) is 3.14. The minimum atomic E-state index is 0.918. The molecule has 1 nitrogen and oxygen atoms in total. The molecule has 152 valence electrons. The summed E-state index contributed by atoms with van der Waals surface area (Å²) < 4.78 is 7.65. The number of aryl methyl sites for hydroxylation is 3. The Morgan fingerprint density at radius 2 is 1.23 bits per heavy atom. The third-order valence-electron chi connectivity index (χ3n) is 5.77. The van der Waals surface area contributed by atoms with Gasteiger partial charge in [-0.3, -0.25) is 0 Å². The van der Waals surface area contributed by atoms with E-state index in [1.807, 2.05) is 0 Å². The van der Waals surface area contributed by atoms with Gasteiger partial charge in [-0.2, -0.15) is 0 Å². The van der Waals surface area contributed by atoms with E-state index in [0.717, 1.165) is 33.5 Å². The first-order chi connectivity index (χ1) is 14.5. The van der Waals surface area contributed by atoms with Gasteiger partial charge in [-0.25, -0.2) is 0 Å². The van der Waals surface area contributed by atoms with Crippen molar-refractivity contribution in [1.82, 2.24) is 0 Å². The van der Waals surface area contributed by atoms with Crippen LogP contribution in [0.4, 0.5) is 0 Å². The predicted octanol–water partition coefficient (Wildman–Crippen LogP) is 8.70. The fourth-order valence-corrected chi connectivity index (χ4v) is 4.75. The molecule has 0 unspecified atom stereocenters. The molecule has 0 aliphatic rings. The van der Waals surface area contributed by atoms with Crippen molar-refractivity contribution >= 4 is 22.6 Å². The normalized spacial score (nSPS) is 11.1. The number of rotatable bonds is 5. The molecule has 30 heavy (non-hydrogen) atoms. The Bertz CT molecular complexity index is 1160. The third kappa shape index (κ3) is 3.98. The molecule has 4 aromatic rings. The van der Waals surface area contributed by atoms with Crippen molar-refractivity contribution < 1.29 is 4.42 Å². The molecule has 0 bridgehead atoms. The predicted molar refractivity (Wildman–Crippen MR) is 136 cm³/mol. The van der Waals surface area contributed by atoms with Crippen molar-refractivity contribution in [1.29, 1.82) is 0 Å². The topological polar surface area (TPSA) is 13.1 Å². The summed E-state index contributed by atoms with van der Waals surface area (Å²) >= 11 is 2.45. The quantitative estimate of drug-likeness (QED) is 0.195. The first kappa shape index (κ1) is 20.9. The summed E-state index contributed by atoms with van der Waals surface area (Å²) in [5, 5.41) is 0. The molecule has 0 saturated heterocycles. The van der Waals surface area contributed by atoms with Crippen LogP contribution in [-0.4, -0.2) is 0 Å². The van der Waals surface area contributed by atoms with Gasteiger partial charge in [-0.1, -0.05) is 101 Å². The molecular formula is C28H27IO. The van der Waals surface area contributed by atoms with E-state index in [1.165, 1.54) is 38.9 Å². The Morgan fingerprint density at radius 1 is 0.700 bits per heavy atom. The second-order valence-corrected chi connectivity index (χ2v) is 8.74. The molecule has 0 spiro atoms. The highest BCUT2D eigenvalue weighted by atomic mass is 127. The van der Waals surface area contributed by atoms with Gasteiger partial charge in [0.1, 0.15) is 11.5 Å². The highest BCUT2D eigenvalue weighted by molar-refractivity contribution is 14.1. The van der Waals surface area contributed by atoms with Crippen molar-refractivity contribution in [3.05, 3.63) is 94.5 Å². The molecule has 0 amide bonds. The van der Waals surface area contributed by atoms with E-state index >= 15 is 0 Å². The molecule has 1 heterocycles. The Labute approximate surface area is 193 Å². The van der Waals surface area contributed by atoms with Crippen molar-refractivity contribution in [3.63, 3.8) is 0 Å². The van der Waals surface area contributed by atoms with Crippen LogP contribution in [0.25, 0.3) is 33.8 Å². The molecular weight excluding hydrogens is 479 g/mol. The SMILES string of the molecule is CCc1c(-c2ccc(C)cc2)oc(-c2ccc(C)cc2)c1-c1ccc(C)c(CI)c1. The van der Waals surface area contributed by atoms with Gasteiger partial charge in [0, 0.05) is 26.7 Å². The first-order valence-corrected chi connectivity index (χ1v) is 12.0. The summed E-state index contributed by atoms with van der Waals surface area (Å²) in [4.78, 5) is 0. The Morgan fingerprint density at radius 3 is 1.77 bits per heavy atom. The lowest BCUT2D eigenvalue weighted by atomic mass is 9.92. The van der Waals surface area contributed by atoms with Crippen molar-refractivity contribution in [2.75, 3.05) is 0 Å². The zero-order chi connectivity index (χ0) is 21.3. The number of furan rings is 1. The van der Waals surface area contributed by atoms with Crippen LogP contribution in [-0.2, 0) is 10.8 Å². The van der Waals surface area contributed by atoms with E-state index in [4.69, 9.17) is 4.42 Å². The van der Waals surface area contributed by atoms with Gasteiger partial charge in [0.05, 0.1) is 0 Å². The van der Waals surface area contributed by atoms with E-state index in [2.05, 4.69) is 117 Å². The monoisotopic (exact) mass is 506 g/mol. The van der Waals surface area contributed by atoms with Crippen LogP contribution in [0.2, 0.25) is 0 Å². The molecule has 0 atom stereocenters. The Balaban J connectivity index is 2.00. The molecule has 3 aromatic carbocycles. The highest BCUT2D eigenvalue weighted by Gasteiger charge is 2.23. The van der Waals surface area contributed by atoms with Gasteiger partial charge < -0.3 is 4.42 Å². The van der Waals surface area contributed by atoms with Crippen molar-refractivity contribution in [2.24, 2.45) is 0 Å². The van der Waals surface area contributed by atoms with Gasteiger partial charge in [0.15, 0.2) is 0 Å². The van der Waals surface area contributed by atoms with Crippen LogP contribution < -0.4 is 0 Å². The summed E-state index contributed by atoms with van der Waals surface area (Å²) in [5.41, 5.74) is 11.2. The minimum Gasteiger partial charge on any atom is -0.455 e. The first-order valence-electron chi connectivity index (χ1n) is 10.5. The van der Waals surface area contributed by atoms with Crippen molar-refractivity contribution in [2.45, 2.75) is 38.5 Å². The lowest BCUT2D eigenvalue weighted by Crippen LogP contribution is -1.91. The van der Waals surface area contributed by atoms with Gasteiger partial charge in [-0.15, -0.1) is 0 Å². The van der Waals surface area contributed by atoms with Crippen LogP contribution in [0, 0.1) is 20.8 Å². The number of halogens is 1. The lowest BCUT2D eigenvalue weighted by molar-refractivity contribution is 0.595. The molecule has 0 fully saturated rings. The standard InChI is InChI=1S/C28H27IO/c1-5-25-26(23-15-10-20(4)24(16-23)17-29)28(22-13-8-19(3)9-14-22)30-27(25)21-11-6-18(2)7-12-21/h6-16H,5,17H2,1-4H3. The van der Waals surface area contributed by atoms with Crippen LogP contribution in [0.15, 0.2) is 71.1 Å². The van der Waals surface area contributed by atoms with Crippen LogP contribution in [0.5, 0.6) is 0 Å². The molecule has 4 rings (SSSR count). The zero-order valence-electron chi connectivity index (χ0n) is 18.1. The van der Waals surface area contributed by atoms with E-state index in [0.29, 0.717) is 0 Å². The zero-order valence-corrected chi connectivity index (χ0v) is 20.2. The largest absolute Gasteiger partial charge is 0.455 e. The second-order valence-electron chi connectivity index (χ2n) is 7.97. The molecule has 0 radical (unpaired) electrons. The fraction of sp³-hybridized carbons (Fsp3) is 0.214. The van der Waals surface area contributed by atoms with E-state index < -0.39 is 0 Å². The summed E-state index contributed by atoms with van der Waals surface area (Å²) in [7, 11) is 0. The molecule has 0 saturated carbocycles. The fourth-order valence-electron chi connectivity index (χ4n) is 3.93. The van der Waals surface area contributed by atoms with E-state index in [1.54, 1.807) is 0 Å². The van der Waals surface area contributed by atoms with Gasteiger partial charge in [0.2, 0.25) is 0 Å². The van der Waals surface area contributed by atoms with Crippen LogP contribution >= 0.6 is 22.6 Å². The second kappa shape index (κ2) is 8.81. The summed E-state index contributed by atoms with van der Waals surface area (Å²) in [6.45, 7) is 8.65. The maximum Gasteiger partial charge on any atom is 0.142 e. The lowest BCUT2D eigenvalue weighted by Gasteiger charge is -2.10. The van der Waals surface area contributed by atoms with Gasteiger partial charge in [-0.05, 0) is 49.9 Å². The van der Waals surface area contributed by atoms with E-state index in [-0.39, 0.29) is 0 Å². The van der Waals surface area contributed by atoms with Gasteiger partial charge in [0.25, 0.3) is 0 Å². The number of hydrogen-bond acceptors (Lipinski definition) is 1. The van der Waals surface area contributed by atoms with E-state index in [9.17, 15) is 0 Å². The number of benzene rings is 3. The van der Waals surface area contributed by atoms with Crippen LogP contribution in [0.1, 0.15) is 34.7 Å². The van der Waals surface area contributed by atoms with Crippen LogP contribution in [0.3, 0.4) is 0 Å². The highest BCUT2D eigenvalue weighted by Crippen LogP contribution is 2.44. The Kier molecular flexibility index (Phi) is 6.14. The molecule has 0 aliphatic heterocycles. The average molecular weight is 506 g/mol. The molecule has 0 N–H and O–H groups in total. The van der Waals surface area contributed by atoms with Crippen molar-refractivity contribution in [3.8, 4) is 33.8 Å². The van der Waals surface area contributed by atoms with Gasteiger partial charge >= 0.3 is 0 Å². The maximum atomic E-state index is 6.64.